The summed E-state index contributed by atoms with van der Waals surface area (Å²) in [5.74, 6) is -0.275. The maximum absolute atomic E-state index is 11.1. The Balaban J connectivity index is 1.98. The number of nitrogens with one attached hydrogen (secondary N) is 2. The summed E-state index contributed by atoms with van der Waals surface area (Å²) in [5, 5.41) is 3.32. The van der Waals surface area contributed by atoms with E-state index in [9.17, 15) is 4.79 Å². The number of primary amides is 1. The van der Waals surface area contributed by atoms with Gasteiger partial charge in [-0.25, -0.2) is 4.98 Å². The summed E-state index contributed by atoms with van der Waals surface area (Å²) in [6.45, 7) is 3.02. The molecule has 0 saturated carbocycles. The van der Waals surface area contributed by atoms with E-state index in [0.29, 0.717) is 19.1 Å². The van der Waals surface area contributed by atoms with Gasteiger partial charge in [0.05, 0.1) is 12.9 Å². The van der Waals surface area contributed by atoms with Gasteiger partial charge in [0.1, 0.15) is 0 Å². The van der Waals surface area contributed by atoms with Gasteiger partial charge in [0.2, 0.25) is 5.91 Å². The van der Waals surface area contributed by atoms with Crippen LogP contribution < -0.4 is 11.1 Å². The van der Waals surface area contributed by atoms with Crippen molar-refractivity contribution in [2.75, 3.05) is 19.6 Å². The standard InChI is InChI=1S/C11H19N5O/c12-11(17)7-16(6-9-5-14-8-15-9)10-1-3-13-4-2-10/h5,8,10,13H,1-4,6-7H2,(H2,12,17)(H,14,15). The van der Waals surface area contributed by atoms with Crippen LogP contribution in [0.25, 0.3) is 0 Å². The molecule has 0 unspecified atom stereocenters. The van der Waals surface area contributed by atoms with E-state index in [0.717, 1.165) is 31.6 Å². The predicted molar refractivity (Wildman–Crippen MR) is 64.1 cm³/mol. The van der Waals surface area contributed by atoms with Crippen molar-refractivity contribution in [3.8, 4) is 0 Å². The summed E-state index contributed by atoms with van der Waals surface area (Å²) >= 11 is 0. The zero-order valence-corrected chi connectivity index (χ0v) is 9.85. The Hall–Kier alpha value is -1.40. The Morgan fingerprint density at radius 2 is 2.29 bits per heavy atom. The molecule has 6 heteroatoms. The Labute approximate surface area is 101 Å². The van der Waals surface area contributed by atoms with Gasteiger partial charge < -0.3 is 16.0 Å². The Morgan fingerprint density at radius 3 is 2.88 bits per heavy atom. The third-order valence-corrected chi connectivity index (χ3v) is 3.11. The molecule has 1 aliphatic heterocycles. The molecule has 6 nitrogen and oxygen atoms in total. The van der Waals surface area contributed by atoms with Crippen LogP contribution in [0, 0.1) is 0 Å². The van der Waals surface area contributed by atoms with Gasteiger partial charge in [-0.2, -0.15) is 0 Å². The van der Waals surface area contributed by atoms with E-state index >= 15 is 0 Å². The monoisotopic (exact) mass is 237 g/mol. The zero-order valence-electron chi connectivity index (χ0n) is 9.85. The quantitative estimate of drug-likeness (QED) is 0.641. The van der Waals surface area contributed by atoms with Crippen LogP contribution >= 0.6 is 0 Å². The van der Waals surface area contributed by atoms with Crippen molar-refractivity contribution in [2.45, 2.75) is 25.4 Å². The molecule has 0 radical (unpaired) electrons. The topological polar surface area (TPSA) is 87.0 Å². The first-order valence-electron chi connectivity index (χ1n) is 5.96. The molecule has 0 atom stereocenters. The number of imidazole rings is 1. The van der Waals surface area contributed by atoms with Gasteiger partial charge in [-0.15, -0.1) is 0 Å². The number of hydrogen-bond donors (Lipinski definition) is 3. The van der Waals surface area contributed by atoms with Gasteiger partial charge in [0.25, 0.3) is 0 Å². The van der Waals surface area contributed by atoms with Gasteiger partial charge in [-0.3, -0.25) is 9.69 Å². The lowest BCUT2D eigenvalue weighted by atomic mass is 10.0. The van der Waals surface area contributed by atoms with Gasteiger partial charge >= 0.3 is 0 Å². The van der Waals surface area contributed by atoms with Crippen LogP contribution in [0.3, 0.4) is 0 Å². The molecule has 1 aliphatic rings. The second kappa shape index (κ2) is 5.79. The number of rotatable bonds is 5. The van der Waals surface area contributed by atoms with Crippen molar-refractivity contribution in [1.29, 1.82) is 0 Å². The molecule has 1 fully saturated rings. The van der Waals surface area contributed by atoms with Crippen molar-refractivity contribution < 1.29 is 4.79 Å². The molecule has 17 heavy (non-hydrogen) atoms. The fourth-order valence-corrected chi connectivity index (χ4v) is 2.28. The van der Waals surface area contributed by atoms with Gasteiger partial charge in [-0.1, -0.05) is 0 Å². The maximum Gasteiger partial charge on any atom is 0.231 e. The Kier molecular flexibility index (Phi) is 4.11. The molecule has 1 saturated heterocycles. The van der Waals surface area contributed by atoms with Crippen LogP contribution in [0.5, 0.6) is 0 Å². The fourth-order valence-electron chi connectivity index (χ4n) is 2.28. The van der Waals surface area contributed by atoms with E-state index in [1.165, 1.54) is 0 Å². The van der Waals surface area contributed by atoms with Crippen LogP contribution in [0.15, 0.2) is 12.5 Å². The summed E-state index contributed by atoms with van der Waals surface area (Å²) in [5.41, 5.74) is 6.33. The van der Waals surface area contributed by atoms with Crippen molar-refractivity contribution in [1.82, 2.24) is 20.2 Å². The molecule has 2 heterocycles. The molecule has 94 valence electrons. The molecular formula is C11H19N5O. The van der Waals surface area contributed by atoms with E-state index in [-0.39, 0.29) is 5.91 Å². The molecule has 0 bridgehead atoms. The first-order valence-corrected chi connectivity index (χ1v) is 5.96. The lowest BCUT2D eigenvalue weighted by molar-refractivity contribution is -0.120. The minimum atomic E-state index is -0.275. The molecule has 1 amide bonds. The second-order valence-corrected chi connectivity index (χ2v) is 4.43. The molecule has 0 aliphatic carbocycles. The Morgan fingerprint density at radius 1 is 1.53 bits per heavy atom. The second-order valence-electron chi connectivity index (χ2n) is 4.43. The van der Waals surface area contributed by atoms with Gasteiger partial charge in [0, 0.05) is 24.5 Å². The number of nitrogens with two attached hydrogens (primary N) is 1. The molecule has 4 N–H and O–H groups in total. The fraction of sp³-hybridized carbons (Fsp3) is 0.636. The van der Waals surface area contributed by atoms with Crippen LogP contribution in [0.2, 0.25) is 0 Å². The van der Waals surface area contributed by atoms with Crippen LogP contribution in [0.1, 0.15) is 18.5 Å². The van der Waals surface area contributed by atoms with E-state index in [1.807, 2.05) is 0 Å². The number of amides is 1. The summed E-state index contributed by atoms with van der Waals surface area (Å²) < 4.78 is 0. The van der Waals surface area contributed by atoms with Crippen LogP contribution in [0.4, 0.5) is 0 Å². The Bertz CT molecular complexity index is 345. The number of aromatic nitrogens is 2. The molecule has 1 aromatic rings. The molecule has 1 aromatic heterocycles. The summed E-state index contributed by atoms with van der Waals surface area (Å²) in [6, 6.07) is 0.423. The minimum absolute atomic E-state index is 0.275. The predicted octanol–water partition coefficient (Wildman–Crippen LogP) is -0.551. The molecule has 0 aromatic carbocycles. The van der Waals surface area contributed by atoms with E-state index in [2.05, 4.69) is 20.2 Å². The lowest BCUT2D eigenvalue weighted by Crippen LogP contribution is -2.46. The minimum Gasteiger partial charge on any atom is -0.369 e. The van der Waals surface area contributed by atoms with Crippen molar-refractivity contribution >= 4 is 5.91 Å². The summed E-state index contributed by atoms with van der Waals surface area (Å²) in [4.78, 5) is 20.3. The van der Waals surface area contributed by atoms with Crippen molar-refractivity contribution in [3.05, 3.63) is 18.2 Å². The van der Waals surface area contributed by atoms with Crippen LogP contribution in [-0.2, 0) is 11.3 Å². The van der Waals surface area contributed by atoms with E-state index in [1.54, 1.807) is 12.5 Å². The van der Waals surface area contributed by atoms with E-state index < -0.39 is 0 Å². The molecular weight excluding hydrogens is 218 g/mol. The summed E-state index contributed by atoms with van der Waals surface area (Å²) in [7, 11) is 0. The normalized spacial score (nSPS) is 17.5. The third kappa shape index (κ3) is 3.54. The number of carbonyl (C=O) groups excluding carboxylic acids is 1. The largest absolute Gasteiger partial charge is 0.369 e. The smallest absolute Gasteiger partial charge is 0.231 e. The SMILES string of the molecule is NC(=O)CN(Cc1cnc[nH]1)C1CCNCC1. The number of hydrogen-bond acceptors (Lipinski definition) is 4. The van der Waals surface area contributed by atoms with Crippen molar-refractivity contribution in [2.24, 2.45) is 5.73 Å². The first-order chi connectivity index (χ1) is 8.25. The third-order valence-electron chi connectivity index (χ3n) is 3.11. The number of piperidine rings is 1. The first kappa shape index (κ1) is 12.1. The highest BCUT2D eigenvalue weighted by atomic mass is 16.1. The van der Waals surface area contributed by atoms with Crippen molar-refractivity contribution in [3.63, 3.8) is 0 Å². The average molecular weight is 237 g/mol. The average Bonchev–Trinajstić information content (AvgIpc) is 2.82. The van der Waals surface area contributed by atoms with Gasteiger partial charge in [0.15, 0.2) is 0 Å². The summed E-state index contributed by atoms with van der Waals surface area (Å²) in [6.07, 6.45) is 5.55. The highest BCUT2D eigenvalue weighted by Crippen LogP contribution is 2.14. The molecule has 2 rings (SSSR count). The number of carbonyl (C=O) groups is 1. The lowest BCUT2D eigenvalue weighted by Gasteiger charge is -2.33. The maximum atomic E-state index is 11.1. The highest BCUT2D eigenvalue weighted by molar-refractivity contribution is 5.75. The highest BCUT2D eigenvalue weighted by Gasteiger charge is 2.22. The van der Waals surface area contributed by atoms with E-state index in [4.69, 9.17) is 5.73 Å². The van der Waals surface area contributed by atoms with Crippen LogP contribution in [-0.4, -0.2) is 46.5 Å². The van der Waals surface area contributed by atoms with Gasteiger partial charge in [-0.05, 0) is 25.9 Å². The number of nitrogens with zero attached hydrogens (tertiary/aromatic N) is 2. The molecule has 0 spiro atoms. The number of aromatic amines is 1. The zero-order chi connectivity index (χ0) is 12.1. The number of H-pyrrole nitrogens is 1.